The van der Waals surface area contributed by atoms with Crippen LogP contribution >= 0.6 is 11.3 Å². The molecule has 2 aromatic carbocycles. The van der Waals surface area contributed by atoms with Gasteiger partial charge in [0.15, 0.2) is 0 Å². The SMILES string of the molecule is CCC(C)(C)NC(=O)[C@@H](c1ccc(C)cc1)N(C(=O)CNC(=O)c1cccs1)c1ccccc1F. The summed E-state index contributed by atoms with van der Waals surface area (Å²) >= 11 is 1.25. The maximum Gasteiger partial charge on any atom is 0.261 e. The molecule has 0 aliphatic rings. The Bertz CT molecular complexity index is 1180. The van der Waals surface area contributed by atoms with Crippen LogP contribution in [0, 0.1) is 12.7 Å². The molecule has 0 aliphatic carbocycles. The third-order valence-corrected chi connectivity index (χ3v) is 6.64. The summed E-state index contributed by atoms with van der Waals surface area (Å²) < 4.78 is 15.0. The first-order chi connectivity index (χ1) is 16.6. The van der Waals surface area contributed by atoms with Crippen molar-refractivity contribution in [3.8, 4) is 0 Å². The van der Waals surface area contributed by atoms with E-state index in [0.717, 1.165) is 10.5 Å². The molecule has 1 heterocycles. The van der Waals surface area contributed by atoms with Gasteiger partial charge >= 0.3 is 0 Å². The molecule has 0 bridgehead atoms. The average Bonchev–Trinajstić information content (AvgIpc) is 3.37. The van der Waals surface area contributed by atoms with Crippen LogP contribution in [0.1, 0.15) is 54.0 Å². The van der Waals surface area contributed by atoms with Gasteiger partial charge in [-0.2, -0.15) is 0 Å². The molecule has 1 aromatic heterocycles. The lowest BCUT2D eigenvalue weighted by molar-refractivity contribution is -0.127. The zero-order chi connectivity index (χ0) is 25.6. The Morgan fingerprint density at radius 2 is 1.71 bits per heavy atom. The summed E-state index contributed by atoms with van der Waals surface area (Å²) in [7, 11) is 0. The number of carbonyl (C=O) groups excluding carboxylic acids is 3. The number of thiophene rings is 1. The van der Waals surface area contributed by atoms with Crippen LogP contribution in [0.3, 0.4) is 0 Å². The highest BCUT2D eigenvalue weighted by molar-refractivity contribution is 7.12. The van der Waals surface area contributed by atoms with Crippen molar-refractivity contribution in [3.63, 3.8) is 0 Å². The second-order valence-corrected chi connectivity index (χ2v) is 9.86. The van der Waals surface area contributed by atoms with Crippen LogP contribution in [0.5, 0.6) is 0 Å². The summed E-state index contributed by atoms with van der Waals surface area (Å²) in [6.45, 7) is 7.22. The third kappa shape index (κ3) is 6.54. The molecule has 0 spiro atoms. The minimum absolute atomic E-state index is 0.0436. The van der Waals surface area contributed by atoms with Crippen molar-refractivity contribution in [2.75, 3.05) is 11.4 Å². The zero-order valence-electron chi connectivity index (χ0n) is 20.3. The Morgan fingerprint density at radius 3 is 2.31 bits per heavy atom. The topological polar surface area (TPSA) is 78.5 Å². The quantitative estimate of drug-likeness (QED) is 0.438. The number of halogens is 1. The summed E-state index contributed by atoms with van der Waals surface area (Å²) in [5.74, 6) is -2.12. The summed E-state index contributed by atoms with van der Waals surface area (Å²) in [5, 5.41) is 7.34. The van der Waals surface area contributed by atoms with E-state index < -0.39 is 41.7 Å². The van der Waals surface area contributed by atoms with E-state index in [4.69, 9.17) is 0 Å². The smallest absolute Gasteiger partial charge is 0.261 e. The van der Waals surface area contributed by atoms with Gasteiger partial charge in [0.1, 0.15) is 11.9 Å². The Balaban J connectivity index is 2.04. The highest BCUT2D eigenvalue weighted by Gasteiger charge is 2.36. The van der Waals surface area contributed by atoms with Crippen LogP contribution in [0.4, 0.5) is 10.1 Å². The normalized spacial score (nSPS) is 12.0. The fourth-order valence-corrected chi connectivity index (χ4v) is 4.10. The molecule has 0 fully saturated rings. The monoisotopic (exact) mass is 495 g/mol. The van der Waals surface area contributed by atoms with Crippen molar-refractivity contribution in [2.45, 2.75) is 45.7 Å². The van der Waals surface area contributed by atoms with Crippen molar-refractivity contribution in [1.29, 1.82) is 0 Å². The van der Waals surface area contributed by atoms with Gasteiger partial charge in [-0.25, -0.2) is 4.39 Å². The zero-order valence-corrected chi connectivity index (χ0v) is 21.1. The number of nitrogens with one attached hydrogen (secondary N) is 2. The first-order valence-corrected chi connectivity index (χ1v) is 12.3. The van der Waals surface area contributed by atoms with Crippen LogP contribution < -0.4 is 15.5 Å². The Morgan fingerprint density at radius 1 is 1.03 bits per heavy atom. The number of aryl methyl sites for hydroxylation is 1. The Hall–Kier alpha value is -3.52. The number of benzene rings is 2. The van der Waals surface area contributed by atoms with E-state index in [1.165, 1.54) is 29.5 Å². The molecule has 3 rings (SSSR count). The molecular formula is C27H30FN3O3S. The van der Waals surface area contributed by atoms with Gasteiger partial charge in [-0.05, 0) is 56.3 Å². The highest BCUT2D eigenvalue weighted by Crippen LogP contribution is 2.31. The second-order valence-electron chi connectivity index (χ2n) is 8.92. The number of hydrogen-bond donors (Lipinski definition) is 2. The van der Waals surface area contributed by atoms with E-state index in [9.17, 15) is 14.4 Å². The maximum absolute atomic E-state index is 15.0. The minimum atomic E-state index is -1.15. The van der Waals surface area contributed by atoms with Gasteiger partial charge in [-0.15, -0.1) is 11.3 Å². The van der Waals surface area contributed by atoms with Crippen LogP contribution in [-0.4, -0.2) is 29.8 Å². The van der Waals surface area contributed by atoms with Crippen molar-refractivity contribution >= 4 is 34.7 Å². The van der Waals surface area contributed by atoms with Gasteiger partial charge < -0.3 is 10.6 Å². The number of anilines is 1. The van der Waals surface area contributed by atoms with Crippen LogP contribution in [-0.2, 0) is 9.59 Å². The molecule has 3 amide bonds. The van der Waals surface area contributed by atoms with Crippen molar-refractivity contribution in [3.05, 3.63) is 87.9 Å². The van der Waals surface area contributed by atoms with Crippen molar-refractivity contribution in [2.24, 2.45) is 0 Å². The molecule has 0 radical (unpaired) electrons. The number of amides is 3. The summed E-state index contributed by atoms with van der Waals surface area (Å²) in [5.41, 5.74) is 0.921. The Labute approximate surface area is 209 Å². The van der Waals surface area contributed by atoms with Gasteiger partial charge in [-0.1, -0.05) is 55.0 Å². The largest absolute Gasteiger partial charge is 0.349 e. The van der Waals surface area contributed by atoms with Crippen molar-refractivity contribution in [1.82, 2.24) is 10.6 Å². The van der Waals surface area contributed by atoms with E-state index in [2.05, 4.69) is 10.6 Å². The number of hydrogen-bond acceptors (Lipinski definition) is 4. The van der Waals surface area contributed by atoms with Crippen LogP contribution in [0.2, 0.25) is 0 Å². The molecule has 0 aliphatic heterocycles. The molecule has 0 saturated heterocycles. The fraction of sp³-hybridized carbons (Fsp3) is 0.296. The van der Waals surface area contributed by atoms with E-state index in [0.29, 0.717) is 16.9 Å². The summed E-state index contributed by atoms with van der Waals surface area (Å²) in [6, 6.07) is 15.2. The van der Waals surface area contributed by atoms with Gasteiger partial charge in [0, 0.05) is 5.54 Å². The predicted octanol–water partition coefficient (Wildman–Crippen LogP) is 5.00. The second kappa shape index (κ2) is 11.3. The lowest BCUT2D eigenvalue weighted by atomic mass is 9.97. The molecule has 8 heteroatoms. The van der Waals surface area contributed by atoms with E-state index >= 15 is 4.39 Å². The third-order valence-electron chi connectivity index (χ3n) is 5.77. The molecule has 1 atom stereocenters. The van der Waals surface area contributed by atoms with E-state index in [-0.39, 0.29) is 5.69 Å². The fourth-order valence-electron chi connectivity index (χ4n) is 3.46. The van der Waals surface area contributed by atoms with Gasteiger partial charge in [0.05, 0.1) is 17.1 Å². The number of para-hydroxylation sites is 1. The lowest BCUT2D eigenvalue weighted by Crippen LogP contribution is -2.52. The summed E-state index contributed by atoms with van der Waals surface area (Å²) in [6.07, 6.45) is 0.657. The van der Waals surface area contributed by atoms with Crippen molar-refractivity contribution < 1.29 is 18.8 Å². The van der Waals surface area contributed by atoms with Crippen LogP contribution in [0.25, 0.3) is 0 Å². The highest BCUT2D eigenvalue weighted by atomic mass is 32.1. The minimum Gasteiger partial charge on any atom is -0.349 e. The van der Waals surface area contributed by atoms with Gasteiger partial charge in [0.2, 0.25) is 11.8 Å². The number of nitrogens with zero attached hydrogens (tertiary/aromatic N) is 1. The predicted molar refractivity (Wildman–Crippen MR) is 137 cm³/mol. The lowest BCUT2D eigenvalue weighted by Gasteiger charge is -2.34. The maximum atomic E-state index is 15.0. The Kier molecular flexibility index (Phi) is 8.40. The molecule has 35 heavy (non-hydrogen) atoms. The molecule has 6 nitrogen and oxygen atoms in total. The molecular weight excluding hydrogens is 465 g/mol. The summed E-state index contributed by atoms with van der Waals surface area (Å²) in [4.78, 5) is 41.2. The number of rotatable bonds is 9. The molecule has 2 N–H and O–H groups in total. The standard InChI is InChI=1S/C27H30FN3O3S/c1-5-27(3,4)30-26(34)24(19-14-12-18(2)13-15-19)31(21-10-7-6-9-20(21)28)23(32)17-29-25(33)22-11-8-16-35-22/h6-16,24H,5,17H2,1-4H3,(H,29,33)(H,30,34)/t24-/m1/s1. The average molecular weight is 496 g/mol. The van der Waals surface area contributed by atoms with Gasteiger partial charge in [0.25, 0.3) is 5.91 Å². The molecule has 184 valence electrons. The molecule has 0 saturated carbocycles. The molecule has 3 aromatic rings. The van der Waals surface area contributed by atoms with E-state index in [1.807, 2.05) is 39.8 Å². The first kappa shape index (κ1) is 26.1. The van der Waals surface area contributed by atoms with Gasteiger partial charge in [-0.3, -0.25) is 19.3 Å². The van der Waals surface area contributed by atoms with Crippen LogP contribution in [0.15, 0.2) is 66.0 Å². The first-order valence-electron chi connectivity index (χ1n) is 11.4. The molecule has 0 unspecified atom stereocenters. The number of carbonyl (C=O) groups is 3. The van der Waals surface area contributed by atoms with E-state index in [1.54, 1.807) is 35.7 Å².